The third-order valence-electron chi connectivity index (χ3n) is 5.61. The van der Waals surface area contributed by atoms with Gasteiger partial charge in [0.25, 0.3) is 0 Å². The third-order valence-corrected chi connectivity index (χ3v) is 5.61. The third kappa shape index (κ3) is 9.71. The summed E-state index contributed by atoms with van der Waals surface area (Å²) in [5, 5.41) is 5.50. The van der Waals surface area contributed by atoms with E-state index in [9.17, 15) is 19.2 Å². The minimum Gasteiger partial charge on any atom is -0.444 e. The highest BCUT2D eigenvalue weighted by molar-refractivity contribution is 5.92. The van der Waals surface area contributed by atoms with E-state index in [2.05, 4.69) is 17.2 Å². The molecule has 9 heteroatoms. The Bertz CT molecular complexity index is 939. The van der Waals surface area contributed by atoms with Crippen LogP contribution in [0.4, 0.5) is 4.79 Å². The number of rotatable bonds is 13. The highest BCUT2D eigenvalue weighted by Gasteiger charge is 2.36. The summed E-state index contributed by atoms with van der Waals surface area (Å²) in [6.45, 7) is 15.2. The van der Waals surface area contributed by atoms with Gasteiger partial charge in [-0.05, 0) is 64.2 Å². The monoisotopic (exact) mass is 502 g/mol. The van der Waals surface area contributed by atoms with E-state index in [1.54, 1.807) is 20.8 Å². The van der Waals surface area contributed by atoms with Crippen molar-refractivity contribution < 1.29 is 23.9 Å². The lowest BCUT2D eigenvalue weighted by Crippen LogP contribution is -2.53. The molecule has 0 saturated heterocycles. The molecule has 0 bridgehead atoms. The summed E-state index contributed by atoms with van der Waals surface area (Å²) >= 11 is 0. The van der Waals surface area contributed by atoms with Crippen molar-refractivity contribution in [1.82, 2.24) is 15.5 Å². The number of unbranched alkanes of at least 4 members (excludes halogenated alkanes) is 1. The van der Waals surface area contributed by atoms with E-state index < -0.39 is 35.6 Å². The molecule has 4 amide bonds. The van der Waals surface area contributed by atoms with Crippen LogP contribution in [0, 0.1) is 13.8 Å². The lowest BCUT2D eigenvalue weighted by atomic mass is 9.94. The average molecular weight is 503 g/mol. The van der Waals surface area contributed by atoms with Gasteiger partial charge >= 0.3 is 6.09 Å². The topological polar surface area (TPSA) is 131 Å². The molecule has 0 aliphatic rings. The number of aryl methyl sites for hydroxylation is 1. The first kappa shape index (κ1) is 30.7. The molecule has 4 N–H and O–H groups in total. The number of alkyl carbamates (subject to hydrolysis) is 1. The standard InChI is InChI=1S/C27H42N4O5/c1-8-10-16-29-24(33)23(20-13-11-12-18(3)19(20)4)31(17-9-2)25(34)21(14-15-22(28)32)30-26(35)36-27(5,6)7/h9,11-13,21,23H,2,8,10,14-17H2,1,3-7H3,(H2,28,32)(H,29,33)(H,30,35). The van der Waals surface area contributed by atoms with Gasteiger partial charge in [-0.15, -0.1) is 6.58 Å². The number of nitrogens with one attached hydrogen (secondary N) is 2. The first-order chi connectivity index (χ1) is 16.8. The van der Waals surface area contributed by atoms with Crippen LogP contribution in [-0.4, -0.2) is 53.4 Å². The molecule has 2 atom stereocenters. The molecule has 2 unspecified atom stereocenters. The quantitative estimate of drug-likeness (QED) is 0.281. The summed E-state index contributed by atoms with van der Waals surface area (Å²) in [6.07, 6.45) is 2.23. The van der Waals surface area contributed by atoms with E-state index in [0.717, 1.165) is 24.0 Å². The van der Waals surface area contributed by atoms with Gasteiger partial charge in [-0.1, -0.05) is 37.6 Å². The number of ether oxygens (including phenoxy) is 1. The molecular weight excluding hydrogens is 460 g/mol. The predicted molar refractivity (Wildman–Crippen MR) is 140 cm³/mol. The molecule has 1 rings (SSSR count). The van der Waals surface area contributed by atoms with Crippen molar-refractivity contribution in [1.29, 1.82) is 0 Å². The Balaban J connectivity index is 3.48. The van der Waals surface area contributed by atoms with E-state index in [4.69, 9.17) is 10.5 Å². The summed E-state index contributed by atoms with van der Waals surface area (Å²) in [4.78, 5) is 52.7. The van der Waals surface area contributed by atoms with Gasteiger partial charge in [0.1, 0.15) is 17.7 Å². The maximum Gasteiger partial charge on any atom is 0.408 e. The molecule has 0 aliphatic carbocycles. The van der Waals surface area contributed by atoms with Crippen molar-refractivity contribution in [2.45, 2.75) is 84.9 Å². The Kier molecular flexibility index (Phi) is 12.1. The number of benzene rings is 1. The minimum absolute atomic E-state index is 0.0428. The zero-order chi connectivity index (χ0) is 27.5. The fraction of sp³-hybridized carbons (Fsp3) is 0.556. The first-order valence-electron chi connectivity index (χ1n) is 12.3. The normalized spacial score (nSPS) is 12.7. The molecule has 0 saturated carbocycles. The van der Waals surface area contributed by atoms with Crippen molar-refractivity contribution >= 4 is 23.8 Å². The van der Waals surface area contributed by atoms with Gasteiger partial charge in [0.15, 0.2) is 0 Å². The van der Waals surface area contributed by atoms with E-state index >= 15 is 0 Å². The fourth-order valence-corrected chi connectivity index (χ4v) is 3.66. The molecule has 0 fully saturated rings. The Morgan fingerprint density at radius 1 is 1.19 bits per heavy atom. The number of hydrogen-bond acceptors (Lipinski definition) is 5. The summed E-state index contributed by atoms with van der Waals surface area (Å²) < 4.78 is 5.32. The number of hydrogen-bond donors (Lipinski definition) is 3. The number of amides is 4. The van der Waals surface area contributed by atoms with E-state index in [0.29, 0.717) is 12.1 Å². The van der Waals surface area contributed by atoms with Crippen molar-refractivity contribution in [3.63, 3.8) is 0 Å². The second-order valence-electron chi connectivity index (χ2n) is 9.82. The number of nitrogens with two attached hydrogens (primary N) is 1. The Morgan fingerprint density at radius 2 is 1.86 bits per heavy atom. The number of carbonyl (C=O) groups is 4. The lowest BCUT2D eigenvalue weighted by molar-refractivity contribution is -0.142. The molecule has 9 nitrogen and oxygen atoms in total. The SMILES string of the molecule is C=CCN(C(=O)C(CCC(N)=O)NC(=O)OC(C)(C)C)C(C(=O)NCCCC)c1cccc(C)c1C. The van der Waals surface area contributed by atoms with Crippen molar-refractivity contribution in [3.8, 4) is 0 Å². The van der Waals surface area contributed by atoms with Crippen LogP contribution in [0.2, 0.25) is 0 Å². The van der Waals surface area contributed by atoms with Gasteiger partial charge in [0, 0.05) is 19.5 Å². The van der Waals surface area contributed by atoms with Crippen LogP contribution < -0.4 is 16.4 Å². The fourth-order valence-electron chi connectivity index (χ4n) is 3.66. The predicted octanol–water partition coefficient (Wildman–Crippen LogP) is 3.43. The molecule has 200 valence electrons. The van der Waals surface area contributed by atoms with E-state index in [-0.39, 0.29) is 25.3 Å². The van der Waals surface area contributed by atoms with Gasteiger partial charge in [0.05, 0.1) is 0 Å². The van der Waals surface area contributed by atoms with Crippen LogP contribution in [0.1, 0.15) is 76.1 Å². The van der Waals surface area contributed by atoms with Gasteiger partial charge in [-0.25, -0.2) is 4.79 Å². The van der Waals surface area contributed by atoms with Crippen LogP contribution >= 0.6 is 0 Å². The summed E-state index contributed by atoms with van der Waals surface area (Å²) in [5.74, 6) is -1.49. The van der Waals surface area contributed by atoms with E-state index in [1.807, 2.05) is 39.0 Å². The second-order valence-corrected chi connectivity index (χ2v) is 9.82. The zero-order valence-corrected chi connectivity index (χ0v) is 22.5. The van der Waals surface area contributed by atoms with Gasteiger partial charge in [-0.2, -0.15) is 0 Å². The molecule has 1 aromatic rings. The Hall–Kier alpha value is -3.36. The Morgan fingerprint density at radius 3 is 2.42 bits per heavy atom. The van der Waals surface area contributed by atoms with Crippen LogP contribution in [0.15, 0.2) is 30.9 Å². The molecule has 36 heavy (non-hydrogen) atoms. The number of primary amides is 1. The maximum atomic E-state index is 13.9. The van der Waals surface area contributed by atoms with Gasteiger partial charge in [-0.3, -0.25) is 14.4 Å². The molecule has 1 aromatic carbocycles. The Labute approximate surface area is 214 Å². The molecule has 0 radical (unpaired) electrons. The molecule has 0 aromatic heterocycles. The first-order valence-corrected chi connectivity index (χ1v) is 12.3. The zero-order valence-electron chi connectivity index (χ0n) is 22.5. The lowest BCUT2D eigenvalue weighted by Gasteiger charge is -2.34. The largest absolute Gasteiger partial charge is 0.444 e. The summed E-state index contributed by atoms with van der Waals surface area (Å²) in [6, 6.07) is 3.48. The second kappa shape index (κ2) is 14.3. The molecular formula is C27H42N4O5. The van der Waals surface area contributed by atoms with Crippen LogP contribution in [0.3, 0.4) is 0 Å². The highest BCUT2D eigenvalue weighted by Crippen LogP contribution is 2.27. The van der Waals surface area contributed by atoms with Crippen molar-refractivity contribution in [2.24, 2.45) is 5.73 Å². The summed E-state index contributed by atoms with van der Waals surface area (Å²) in [7, 11) is 0. The molecule has 0 spiro atoms. The molecule has 0 heterocycles. The maximum absolute atomic E-state index is 13.9. The van der Waals surface area contributed by atoms with Gasteiger partial charge in [0.2, 0.25) is 17.7 Å². The van der Waals surface area contributed by atoms with Crippen molar-refractivity contribution in [2.75, 3.05) is 13.1 Å². The number of carbonyl (C=O) groups excluding carboxylic acids is 4. The van der Waals surface area contributed by atoms with Gasteiger partial charge < -0.3 is 26.0 Å². The van der Waals surface area contributed by atoms with Crippen molar-refractivity contribution in [3.05, 3.63) is 47.5 Å². The van der Waals surface area contributed by atoms with Crippen LogP contribution in [0.25, 0.3) is 0 Å². The van der Waals surface area contributed by atoms with Crippen LogP contribution in [-0.2, 0) is 19.1 Å². The van der Waals surface area contributed by atoms with E-state index in [1.165, 1.54) is 11.0 Å². The molecule has 0 aliphatic heterocycles. The highest BCUT2D eigenvalue weighted by atomic mass is 16.6. The smallest absolute Gasteiger partial charge is 0.408 e. The minimum atomic E-state index is -1.14. The van der Waals surface area contributed by atoms with Crippen LogP contribution in [0.5, 0.6) is 0 Å². The average Bonchev–Trinajstić information content (AvgIpc) is 2.77. The summed E-state index contributed by atoms with van der Waals surface area (Å²) in [5.41, 5.74) is 7.06. The number of nitrogens with zero attached hydrogens (tertiary/aromatic N) is 1.